The predicted molar refractivity (Wildman–Crippen MR) is 117 cm³/mol. The minimum absolute atomic E-state index is 0.613. The Morgan fingerprint density at radius 3 is 2.55 bits per heavy atom. The molecule has 154 valence electrons. The van der Waals surface area contributed by atoms with Crippen molar-refractivity contribution in [3.8, 4) is 17.2 Å². The number of para-hydroxylation sites is 1. The molecule has 1 N–H and O–H groups in total. The van der Waals surface area contributed by atoms with Gasteiger partial charge in [0.25, 0.3) is 0 Å². The molecule has 0 aliphatic rings. The number of hydrogen-bond acceptors (Lipinski definition) is 4. The summed E-state index contributed by atoms with van der Waals surface area (Å²) < 4.78 is 15.7. The first kappa shape index (κ1) is 21.1. The smallest absolute Gasteiger partial charge is 0.207 e. The lowest BCUT2D eigenvalue weighted by atomic mass is 10.2. The van der Waals surface area contributed by atoms with Crippen LogP contribution in [-0.4, -0.2) is 35.1 Å². The quantitative estimate of drug-likeness (QED) is 0.577. The number of nitrogens with one attached hydrogen (secondary N) is 1. The number of rotatable bonds is 8. The molecule has 3 aromatic rings. The SMILES string of the molecule is CCOc1ccc(C[NH+](C)Cn2nc(C)n(-c3ccccc3C)c2=S)cc1OC. The minimum Gasteiger partial charge on any atom is -0.493 e. The Labute approximate surface area is 177 Å². The summed E-state index contributed by atoms with van der Waals surface area (Å²) in [4.78, 5) is 1.27. The third kappa shape index (κ3) is 4.68. The van der Waals surface area contributed by atoms with E-state index >= 15 is 0 Å². The van der Waals surface area contributed by atoms with Gasteiger partial charge >= 0.3 is 0 Å². The third-order valence-corrected chi connectivity index (χ3v) is 5.20. The van der Waals surface area contributed by atoms with Crippen molar-refractivity contribution in [2.24, 2.45) is 0 Å². The number of aromatic nitrogens is 3. The Balaban J connectivity index is 1.78. The molecule has 2 aromatic carbocycles. The highest BCUT2D eigenvalue weighted by atomic mass is 32.1. The highest BCUT2D eigenvalue weighted by Crippen LogP contribution is 2.27. The van der Waals surface area contributed by atoms with E-state index in [1.165, 1.54) is 16.0 Å². The molecule has 6 nitrogen and oxygen atoms in total. The zero-order chi connectivity index (χ0) is 21.0. The van der Waals surface area contributed by atoms with E-state index in [1.54, 1.807) is 7.11 Å². The number of aryl methyl sites for hydroxylation is 2. The van der Waals surface area contributed by atoms with Gasteiger partial charge in [0.1, 0.15) is 12.4 Å². The monoisotopic (exact) mass is 413 g/mol. The van der Waals surface area contributed by atoms with E-state index in [0.717, 1.165) is 29.6 Å². The lowest BCUT2D eigenvalue weighted by Crippen LogP contribution is -3.07. The van der Waals surface area contributed by atoms with E-state index in [1.807, 2.05) is 47.4 Å². The van der Waals surface area contributed by atoms with E-state index < -0.39 is 0 Å². The van der Waals surface area contributed by atoms with E-state index in [4.69, 9.17) is 26.8 Å². The summed E-state index contributed by atoms with van der Waals surface area (Å²) in [5.74, 6) is 2.42. The van der Waals surface area contributed by atoms with E-state index in [2.05, 4.69) is 32.2 Å². The van der Waals surface area contributed by atoms with Crippen molar-refractivity contribution >= 4 is 12.2 Å². The summed E-state index contributed by atoms with van der Waals surface area (Å²) in [5.41, 5.74) is 3.42. The molecule has 0 amide bonds. The fourth-order valence-corrected chi connectivity index (χ4v) is 3.80. The van der Waals surface area contributed by atoms with E-state index in [-0.39, 0.29) is 0 Å². The summed E-state index contributed by atoms with van der Waals surface area (Å²) in [6.45, 7) is 8.15. The molecule has 0 aliphatic carbocycles. The number of benzene rings is 2. The number of ether oxygens (including phenoxy) is 2. The first-order valence-electron chi connectivity index (χ1n) is 9.78. The van der Waals surface area contributed by atoms with Crippen molar-refractivity contribution in [3.05, 3.63) is 64.2 Å². The van der Waals surface area contributed by atoms with Gasteiger partial charge in [-0.2, -0.15) is 9.78 Å². The average molecular weight is 414 g/mol. The zero-order valence-electron chi connectivity index (χ0n) is 17.7. The second-order valence-corrected chi connectivity index (χ2v) is 7.53. The van der Waals surface area contributed by atoms with Gasteiger partial charge in [-0.1, -0.05) is 18.2 Å². The van der Waals surface area contributed by atoms with Gasteiger partial charge in [-0.25, -0.2) is 0 Å². The maximum Gasteiger partial charge on any atom is 0.207 e. The Kier molecular flexibility index (Phi) is 6.71. The molecule has 3 rings (SSSR count). The van der Waals surface area contributed by atoms with E-state index in [9.17, 15) is 0 Å². The third-order valence-electron chi connectivity index (χ3n) is 4.81. The van der Waals surface area contributed by atoms with Crippen LogP contribution in [0.15, 0.2) is 42.5 Å². The molecule has 0 saturated carbocycles. The van der Waals surface area contributed by atoms with Crippen LogP contribution >= 0.6 is 12.2 Å². The lowest BCUT2D eigenvalue weighted by molar-refractivity contribution is -0.917. The van der Waals surface area contributed by atoms with Gasteiger partial charge in [0.05, 0.1) is 26.5 Å². The van der Waals surface area contributed by atoms with Crippen molar-refractivity contribution in [1.82, 2.24) is 14.3 Å². The van der Waals surface area contributed by atoms with Crippen LogP contribution in [0.5, 0.6) is 11.5 Å². The standard InChI is InChI=1S/C22H28N4O2S/c1-6-28-20-12-11-18(13-21(20)27-5)14-24(4)15-25-22(29)26(17(3)23-25)19-10-8-7-9-16(19)2/h7-13H,6,14-15H2,1-5H3/p+1. The minimum atomic E-state index is 0.613. The first-order chi connectivity index (χ1) is 13.9. The topological polar surface area (TPSA) is 45.7 Å². The molecule has 29 heavy (non-hydrogen) atoms. The van der Waals surface area contributed by atoms with Gasteiger partial charge in [-0.05, 0) is 62.8 Å². The predicted octanol–water partition coefficient (Wildman–Crippen LogP) is 3.10. The second kappa shape index (κ2) is 9.24. The van der Waals surface area contributed by atoms with Crippen LogP contribution in [-0.2, 0) is 13.2 Å². The molecule has 1 atom stereocenters. The van der Waals surface area contributed by atoms with Crippen LogP contribution in [0.1, 0.15) is 23.9 Å². The summed E-state index contributed by atoms with van der Waals surface area (Å²) >= 11 is 5.74. The van der Waals surface area contributed by atoms with Crippen LogP contribution in [0.25, 0.3) is 5.69 Å². The largest absolute Gasteiger partial charge is 0.493 e. The van der Waals surface area contributed by atoms with Crippen LogP contribution in [0.2, 0.25) is 0 Å². The molecule has 0 bridgehead atoms. The van der Waals surface area contributed by atoms with Gasteiger partial charge < -0.3 is 14.4 Å². The number of nitrogens with zero attached hydrogens (tertiary/aromatic N) is 3. The number of methoxy groups -OCH3 is 1. The molecule has 0 spiro atoms. The van der Waals surface area contributed by atoms with Gasteiger partial charge in [0.2, 0.25) is 4.77 Å². The molecule has 1 heterocycles. The summed E-state index contributed by atoms with van der Waals surface area (Å²) in [6, 6.07) is 14.3. The van der Waals surface area contributed by atoms with Crippen molar-refractivity contribution in [2.45, 2.75) is 34.0 Å². The maximum atomic E-state index is 5.74. The highest BCUT2D eigenvalue weighted by Gasteiger charge is 2.14. The summed E-state index contributed by atoms with van der Waals surface area (Å²) in [5, 5.41) is 4.69. The fourth-order valence-electron chi connectivity index (χ4n) is 3.47. The Hall–Kier alpha value is -2.64. The van der Waals surface area contributed by atoms with Gasteiger partial charge in [-0.15, -0.1) is 0 Å². The summed E-state index contributed by atoms with van der Waals surface area (Å²) in [6.07, 6.45) is 0. The molecular weight excluding hydrogens is 384 g/mol. The lowest BCUT2D eigenvalue weighted by Gasteiger charge is -2.15. The molecule has 0 aliphatic heterocycles. The fraction of sp³-hybridized carbons (Fsp3) is 0.364. The van der Waals surface area contributed by atoms with Gasteiger partial charge in [0.15, 0.2) is 18.2 Å². The van der Waals surface area contributed by atoms with Gasteiger partial charge in [-0.3, -0.25) is 4.57 Å². The van der Waals surface area contributed by atoms with Crippen molar-refractivity contribution in [2.75, 3.05) is 20.8 Å². The number of quaternary nitrogens is 1. The average Bonchev–Trinajstić information content (AvgIpc) is 2.96. The van der Waals surface area contributed by atoms with Crippen molar-refractivity contribution in [3.63, 3.8) is 0 Å². The van der Waals surface area contributed by atoms with Crippen molar-refractivity contribution in [1.29, 1.82) is 0 Å². The van der Waals surface area contributed by atoms with Gasteiger partial charge in [0, 0.05) is 5.56 Å². The first-order valence-corrected chi connectivity index (χ1v) is 10.2. The molecular formula is C22H29N4O2S+. The molecule has 1 unspecified atom stereocenters. The van der Waals surface area contributed by atoms with E-state index in [0.29, 0.717) is 18.0 Å². The molecule has 1 aromatic heterocycles. The Morgan fingerprint density at radius 1 is 1.10 bits per heavy atom. The number of hydrogen-bond donors (Lipinski definition) is 1. The van der Waals surface area contributed by atoms with Crippen LogP contribution in [0.4, 0.5) is 0 Å². The van der Waals surface area contributed by atoms with Crippen LogP contribution in [0.3, 0.4) is 0 Å². The van der Waals surface area contributed by atoms with Crippen LogP contribution < -0.4 is 14.4 Å². The molecule has 0 radical (unpaired) electrons. The zero-order valence-corrected chi connectivity index (χ0v) is 18.5. The summed E-state index contributed by atoms with van der Waals surface area (Å²) in [7, 11) is 3.80. The Morgan fingerprint density at radius 2 is 1.86 bits per heavy atom. The molecule has 0 fully saturated rings. The van der Waals surface area contributed by atoms with Crippen LogP contribution in [0, 0.1) is 18.6 Å². The molecule has 0 saturated heterocycles. The maximum absolute atomic E-state index is 5.74. The second-order valence-electron chi connectivity index (χ2n) is 7.16. The van der Waals surface area contributed by atoms with Crippen molar-refractivity contribution < 1.29 is 14.4 Å². The Bertz CT molecular complexity index is 1040. The normalized spacial score (nSPS) is 12.0. The molecule has 7 heteroatoms. The highest BCUT2D eigenvalue weighted by molar-refractivity contribution is 7.71.